The van der Waals surface area contributed by atoms with Gasteiger partial charge in [0.1, 0.15) is 6.04 Å². The van der Waals surface area contributed by atoms with Crippen molar-refractivity contribution >= 4 is 17.6 Å². The van der Waals surface area contributed by atoms with Crippen molar-refractivity contribution in [3.8, 4) is 0 Å². The molecule has 0 aliphatic carbocycles. The molecule has 0 aliphatic rings. The second-order valence-electron chi connectivity index (χ2n) is 4.90. The van der Waals surface area contributed by atoms with Gasteiger partial charge < -0.3 is 11.1 Å². The molecule has 0 saturated heterocycles. The van der Waals surface area contributed by atoms with Crippen LogP contribution in [0.2, 0.25) is 0 Å². The summed E-state index contributed by atoms with van der Waals surface area (Å²) in [5.41, 5.74) is 8.04. The van der Waals surface area contributed by atoms with E-state index in [-0.39, 0.29) is 18.7 Å². The first-order valence-corrected chi connectivity index (χ1v) is 6.53. The van der Waals surface area contributed by atoms with Crippen molar-refractivity contribution in [1.29, 1.82) is 0 Å². The first kappa shape index (κ1) is 15.9. The van der Waals surface area contributed by atoms with E-state index in [0.717, 1.165) is 16.7 Å². The number of carbonyl (C=O) groups is 3. The maximum absolute atomic E-state index is 11.8. The van der Waals surface area contributed by atoms with Gasteiger partial charge in [0.25, 0.3) is 5.91 Å². The van der Waals surface area contributed by atoms with E-state index in [1.165, 1.54) is 0 Å². The zero-order valence-electron chi connectivity index (χ0n) is 12.0. The van der Waals surface area contributed by atoms with Gasteiger partial charge in [0, 0.05) is 12.8 Å². The van der Waals surface area contributed by atoms with Gasteiger partial charge in [0.05, 0.1) is 0 Å². The molecule has 0 radical (unpaired) electrons. The Morgan fingerprint density at radius 3 is 2.15 bits per heavy atom. The molecule has 0 fully saturated rings. The summed E-state index contributed by atoms with van der Waals surface area (Å²) in [5, 5.41) is 2.55. The largest absolute Gasteiger partial charge is 0.363 e. The van der Waals surface area contributed by atoms with Crippen LogP contribution in [0.3, 0.4) is 0 Å². The lowest BCUT2D eigenvalue weighted by Gasteiger charge is -2.16. The fourth-order valence-electron chi connectivity index (χ4n) is 2.10. The van der Waals surface area contributed by atoms with Crippen LogP contribution < -0.4 is 11.1 Å². The summed E-state index contributed by atoms with van der Waals surface area (Å²) in [7, 11) is 0. The highest BCUT2D eigenvalue weighted by Gasteiger charge is 2.24. The van der Waals surface area contributed by atoms with Gasteiger partial charge in [0.2, 0.25) is 11.7 Å². The van der Waals surface area contributed by atoms with Gasteiger partial charge >= 0.3 is 0 Å². The minimum atomic E-state index is -1.03. The van der Waals surface area contributed by atoms with E-state index in [2.05, 4.69) is 5.32 Å². The molecule has 1 atom stereocenters. The highest BCUT2D eigenvalue weighted by atomic mass is 16.2. The molecule has 1 aromatic rings. The van der Waals surface area contributed by atoms with E-state index in [0.29, 0.717) is 0 Å². The number of hydrogen-bond acceptors (Lipinski definition) is 3. The molecular weight excluding hydrogens is 256 g/mol. The Morgan fingerprint density at radius 2 is 1.70 bits per heavy atom. The topological polar surface area (TPSA) is 89.3 Å². The standard InChI is InChI=1S/C15H20N2O3/c1-4-13(18)17-12(14(19)15(16)20)8-11-6-9(2)5-10(3)7-11/h5-7,12H,4,8H2,1-3H3,(H2,16,20)(H,17,18)/t12-/m0/s1. The third kappa shape index (κ3) is 4.50. The second-order valence-corrected chi connectivity index (χ2v) is 4.90. The summed E-state index contributed by atoms with van der Waals surface area (Å²) < 4.78 is 0. The third-order valence-corrected chi connectivity index (χ3v) is 2.94. The molecule has 0 heterocycles. The van der Waals surface area contributed by atoms with E-state index >= 15 is 0 Å². The second kappa shape index (κ2) is 6.84. The van der Waals surface area contributed by atoms with Gasteiger partial charge in [-0.05, 0) is 19.4 Å². The van der Waals surface area contributed by atoms with E-state index in [9.17, 15) is 14.4 Å². The van der Waals surface area contributed by atoms with Gasteiger partial charge in [-0.2, -0.15) is 0 Å². The summed E-state index contributed by atoms with van der Waals surface area (Å²) >= 11 is 0. The number of nitrogens with two attached hydrogens (primary N) is 1. The molecule has 0 saturated carbocycles. The lowest BCUT2D eigenvalue weighted by Crippen LogP contribution is -2.47. The smallest absolute Gasteiger partial charge is 0.287 e. The fourth-order valence-corrected chi connectivity index (χ4v) is 2.10. The number of nitrogens with one attached hydrogen (secondary N) is 1. The van der Waals surface area contributed by atoms with Crippen LogP contribution in [0.5, 0.6) is 0 Å². The molecule has 0 bridgehead atoms. The van der Waals surface area contributed by atoms with E-state index in [1.54, 1.807) is 6.92 Å². The van der Waals surface area contributed by atoms with Gasteiger partial charge in [-0.1, -0.05) is 36.2 Å². The normalized spacial score (nSPS) is 11.8. The Bertz CT molecular complexity index is 518. The number of rotatable bonds is 6. The molecule has 0 spiro atoms. The Morgan fingerprint density at radius 1 is 1.15 bits per heavy atom. The van der Waals surface area contributed by atoms with Crippen LogP contribution in [-0.4, -0.2) is 23.6 Å². The molecule has 0 aliphatic heterocycles. The minimum absolute atomic E-state index is 0.245. The maximum Gasteiger partial charge on any atom is 0.287 e. The average molecular weight is 276 g/mol. The van der Waals surface area contributed by atoms with Crippen molar-refractivity contribution in [1.82, 2.24) is 5.32 Å². The number of primary amides is 1. The Labute approximate surface area is 118 Å². The van der Waals surface area contributed by atoms with Crippen molar-refractivity contribution in [2.24, 2.45) is 5.73 Å². The van der Waals surface area contributed by atoms with Crippen molar-refractivity contribution in [3.05, 3.63) is 34.9 Å². The third-order valence-electron chi connectivity index (χ3n) is 2.94. The molecule has 3 N–H and O–H groups in total. The van der Waals surface area contributed by atoms with Gasteiger partial charge in [0.15, 0.2) is 0 Å². The number of ketones is 1. The fraction of sp³-hybridized carbons (Fsp3) is 0.400. The summed E-state index contributed by atoms with van der Waals surface area (Å²) in [5.74, 6) is -2.09. The van der Waals surface area contributed by atoms with Gasteiger partial charge in [-0.3, -0.25) is 14.4 Å². The molecule has 20 heavy (non-hydrogen) atoms. The van der Waals surface area contributed by atoms with Gasteiger partial charge in [-0.15, -0.1) is 0 Å². The number of hydrogen-bond donors (Lipinski definition) is 2. The van der Waals surface area contributed by atoms with E-state index in [4.69, 9.17) is 5.73 Å². The zero-order chi connectivity index (χ0) is 15.3. The number of carbonyl (C=O) groups excluding carboxylic acids is 3. The summed E-state index contributed by atoms with van der Waals surface area (Å²) in [6.07, 6.45) is 0.505. The lowest BCUT2D eigenvalue weighted by atomic mass is 9.98. The van der Waals surface area contributed by atoms with Crippen LogP contribution in [0.4, 0.5) is 0 Å². The highest BCUT2D eigenvalue weighted by Crippen LogP contribution is 2.11. The first-order chi connectivity index (χ1) is 9.33. The molecule has 0 aromatic heterocycles. The van der Waals surface area contributed by atoms with Crippen molar-refractivity contribution in [3.63, 3.8) is 0 Å². The number of amides is 2. The molecule has 1 rings (SSSR count). The van der Waals surface area contributed by atoms with Crippen LogP contribution in [-0.2, 0) is 20.8 Å². The van der Waals surface area contributed by atoms with E-state index in [1.807, 2.05) is 32.0 Å². The Hall–Kier alpha value is -2.17. The molecule has 1 aromatic carbocycles. The maximum atomic E-state index is 11.8. The van der Waals surface area contributed by atoms with Crippen molar-refractivity contribution in [2.45, 2.75) is 39.7 Å². The number of aryl methyl sites for hydroxylation is 2. The monoisotopic (exact) mass is 276 g/mol. The van der Waals surface area contributed by atoms with Crippen LogP contribution in [0.15, 0.2) is 18.2 Å². The Kier molecular flexibility index (Phi) is 5.43. The van der Waals surface area contributed by atoms with Crippen LogP contribution >= 0.6 is 0 Å². The van der Waals surface area contributed by atoms with Crippen molar-refractivity contribution < 1.29 is 14.4 Å². The number of Topliss-reactive ketones (excluding diaryl/α,β-unsaturated/α-hetero) is 1. The summed E-state index contributed by atoms with van der Waals surface area (Å²) in [6, 6.07) is 4.96. The SMILES string of the molecule is CCC(=O)N[C@@H](Cc1cc(C)cc(C)c1)C(=O)C(N)=O. The molecule has 0 unspecified atom stereocenters. The quantitative estimate of drug-likeness (QED) is 0.753. The lowest BCUT2D eigenvalue weighted by molar-refractivity contribution is -0.138. The predicted octanol–water partition coefficient (Wildman–Crippen LogP) is 0.795. The average Bonchev–Trinajstić information content (AvgIpc) is 2.35. The minimum Gasteiger partial charge on any atom is -0.363 e. The van der Waals surface area contributed by atoms with E-state index < -0.39 is 17.7 Å². The molecular formula is C15H20N2O3. The number of benzene rings is 1. The predicted molar refractivity (Wildman–Crippen MR) is 76.0 cm³/mol. The highest BCUT2D eigenvalue weighted by molar-refractivity contribution is 6.37. The summed E-state index contributed by atoms with van der Waals surface area (Å²) in [6.45, 7) is 5.58. The molecule has 5 heteroatoms. The molecule has 5 nitrogen and oxygen atoms in total. The van der Waals surface area contributed by atoms with Gasteiger partial charge in [-0.25, -0.2) is 0 Å². The molecule has 2 amide bonds. The van der Waals surface area contributed by atoms with Crippen LogP contribution in [0.1, 0.15) is 30.0 Å². The van der Waals surface area contributed by atoms with Crippen LogP contribution in [0.25, 0.3) is 0 Å². The van der Waals surface area contributed by atoms with Crippen LogP contribution in [0, 0.1) is 13.8 Å². The first-order valence-electron chi connectivity index (χ1n) is 6.53. The zero-order valence-corrected chi connectivity index (χ0v) is 12.0. The molecule has 108 valence electrons. The summed E-state index contributed by atoms with van der Waals surface area (Å²) in [4.78, 5) is 34.3. The Balaban J connectivity index is 2.96. The van der Waals surface area contributed by atoms with Crippen molar-refractivity contribution in [2.75, 3.05) is 0 Å².